The van der Waals surface area contributed by atoms with E-state index in [0.717, 1.165) is 22.5 Å². The number of halogens is 3. The zero-order chi connectivity index (χ0) is 27.2. The normalized spacial score (nSPS) is 16.2. The number of piperazine rings is 1. The van der Waals surface area contributed by atoms with Gasteiger partial charge >= 0.3 is 6.18 Å². The molecule has 5 rings (SSSR count). The summed E-state index contributed by atoms with van der Waals surface area (Å²) in [6.07, 6.45) is -4.40. The van der Waals surface area contributed by atoms with Crippen molar-refractivity contribution in [2.75, 3.05) is 31.1 Å². The monoisotopic (exact) mass is 525 g/mol. The molecule has 0 saturated carbocycles. The van der Waals surface area contributed by atoms with Crippen LogP contribution in [0.5, 0.6) is 0 Å². The SMILES string of the molecule is Cc1cccc2cc([C@@H](c3nnnn3C(C)(C)C)N3CCN(c4cccc(C(F)(F)F)c4)CC3)c(=O)[nH]c12. The van der Waals surface area contributed by atoms with Crippen LogP contribution in [0, 0.1) is 6.92 Å². The predicted octanol–water partition coefficient (Wildman–Crippen LogP) is 4.51. The number of nitrogens with zero attached hydrogens (tertiary/aromatic N) is 6. The van der Waals surface area contributed by atoms with Gasteiger partial charge in [-0.15, -0.1) is 5.10 Å². The average molecular weight is 526 g/mol. The molecule has 8 nitrogen and oxygen atoms in total. The number of pyridine rings is 1. The fraction of sp³-hybridized carbons (Fsp3) is 0.407. The van der Waals surface area contributed by atoms with Gasteiger partial charge in [0, 0.05) is 37.4 Å². The Morgan fingerprint density at radius 2 is 1.68 bits per heavy atom. The predicted molar refractivity (Wildman–Crippen MR) is 139 cm³/mol. The first kappa shape index (κ1) is 25.9. The van der Waals surface area contributed by atoms with Crippen LogP contribution in [0.1, 0.15) is 49.3 Å². The van der Waals surface area contributed by atoms with Crippen LogP contribution in [0.2, 0.25) is 0 Å². The molecule has 1 N–H and O–H groups in total. The molecule has 3 heterocycles. The largest absolute Gasteiger partial charge is 0.416 e. The molecular weight excluding hydrogens is 495 g/mol. The topological polar surface area (TPSA) is 82.9 Å². The number of benzene rings is 2. The Balaban J connectivity index is 1.52. The molecule has 4 aromatic rings. The molecule has 1 aliphatic rings. The quantitative estimate of drug-likeness (QED) is 0.422. The molecule has 200 valence electrons. The Bertz CT molecular complexity index is 1510. The van der Waals surface area contributed by atoms with E-state index in [0.29, 0.717) is 43.3 Å². The van der Waals surface area contributed by atoms with Gasteiger partial charge in [-0.3, -0.25) is 9.69 Å². The number of hydrogen-bond donors (Lipinski definition) is 1. The molecule has 0 radical (unpaired) electrons. The maximum Gasteiger partial charge on any atom is 0.416 e. The van der Waals surface area contributed by atoms with Crippen molar-refractivity contribution in [3.05, 3.63) is 81.4 Å². The van der Waals surface area contributed by atoms with Crippen molar-refractivity contribution in [1.29, 1.82) is 0 Å². The summed E-state index contributed by atoms with van der Waals surface area (Å²) < 4.78 is 41.6. The molecule has 2 aromatic carbocycles. The molecule has 1 saturated heterocycles. The number of para-hydroxylation sites is 1. The van der Waals surface area contributed by atoms with Gasteiger partial charge in [0.15, 0.2) is 5.82 Å². The molecule has 1 aliphatic heterocycles. The summed E-state index contributed by atoms with van der Waals surface area (Å²) in [6.45, 7) is 9.89. The third-order valence-electron chi connectivity index (χ3n) is 7.00. The van der Waals surface area contributed by atoms with Crippen LogP contribution in [-0.4, -0.2) is 56.3 Å². The lowest BCUT2D eigenvalue weighted by Gasteiger charge is -2.40. The average Bonchev–Trinajstić information content (AvgIpc) is 3.36. The zero-order valence-electron chi connectivity index (χ0n) is 21.8. The van der Waals surface area contributed by atoms with Crippen LogP contribution in [0.25, 0.3) is 10.9 Å². The molecule has 1 fully saturated rings. The second-order valence-electron chi connectivity index (χ2n) is 10.7. The van der Waals surface area contributed by atoms with Crippen molar-refractivity contribution < 1.29 is 13.2 Å². The number of anilines is 1. The van der Waals surface area contributed by atoms with E-state index in [1.165, 1.54) is 12.1 Å². The van der Waals surface area contributed by atoms with Crippen molar-refractivity contribution in [1.82, 2.24) is 30.1 Å². The minimum Gasteiger partial charge on any atom is -0.369 e. The Hall–Kier alpha value is -3.73. The first-order valence-electron chi connectivity index (χ1n) is 12.5. The molecule has 0 spiro atoms. The smallest absolute Gasteiger partial charge is 0.369 e. The Labute approximate surface area is 218 Å². The maximum atomic E-state index is 13.5. The number of tetrazole rings is 1. The first-order chi connectivity index (χ1) is 17.9. The summed E-state index contributed by atoms with van der Waals surface area (Å²) >= 11 is 0. The van der Waals surface area contributed by atoms with E-state index < -0.39 is 23.3 Å². The molecule has 11 heteroatoms. The summed E-state index contributed by atoms with van der Waals surface area (Å²) in [5.41, 5.74) is 1.47. The van der Waals surface area contributed by atoms with E-state index >= 15 is 0 Å². The molecule has 0 amide bonds. The number of H-pyrrole nitrogens is 1. The lowest BCUT2D eigenvalue weighted by molar-refractivity contribution is -0.137. The van der Waals surface area contributed by atoms with Crippen LogP contribution >= 0.6 is 0 Å². The van der Waals surface area contributed by atoms with Crippen molar-refractivity contribution in [3.63, 3.8) is 0 Å². The molecule has 38 heavy (non-hydrogen) atoms. The lowest BCUT2D eigenvalue weighted by Crippen LogP contribution is -2.49. The molecule has 0 unspecified atom stereocenters. The van der Waals surface area contributed by atoms with Crippen LogP contribution in [-0.2, 0) is 11.7 Å². The van der Waals surface area contributed by atoms with Gasteiger partial charge in [0.05, 0.1) is 16.6 Å². The summed E-state index contributed by atoms with van der Waals surface area (Å²) in [7, 11) is 0. The van der Waals surface area contributed by atoms with Crippen molar-refractivity contribution in [2.45, 2.75) is 45.5 Å². The number of alkyl halides is 3. The number of fused-ring (bicyclic) bond motifs is 1. The summed E-state index contributed by atoms with van der Waals surface area (Å²) in [4.78, 5) is 20.6. The van der Waals surface area contributed by atoms with Crippen LogP contribution < -0.4 is 10.5 Å². The van der Waals surface area contributed by atoms with Crippen molar-refractivity contribution in [2.24, 2.45) is 0 Å². The Kier molecular flexibility index (Phi) is 6.50. The molecule has 2 aromatic heterocycles. The van der Waals surface area contributed by atoms with E-state index in [1.807, 2.05) is 56.9 Å². The number of aromatic nitrogens is 5. The maximum absolute atomic E-state index is 13.5. The van der Waals surface area contributed by atoms with Gasteiger partial charge in [-0.1, -0.05) is 24.3 Å². The number of hydrogen-bond acceptors (Lipinski definition) is 6. The minimum absolute atomic E-state index is 0.222. The lowest BCUT2D eigenvalue weighted by atomic mass is 10.00. The van der Waals surface area contributed by atoms with E-state index in [9.17, 15) is 18.0 Å². The molecular formula is C27H30F3N7O. The van der Waals surface area contributed by atoms with Gasteiger partial charge in [0.1, 0.15) is 6.04 Å². The fourth-order valence-electron chi connectivity index (χ4n) is 5.06. The van der Waals surface area contributed by atoms with E-state index in [1.54, 1.807) is 10.7 Å². The first-order valence-corrected chi connectivity index (χ1v) is 12.5. The Morgan fingerprint density at radius 3 is 2.37 bits per heavy atom. The van der Waals surface area contributed by atoms with Crippen LogP contribution in [0.4, 0.5) is 18.9 Å². The highest BCUT2D eigenvalue weighted by Crippen LogP contribution is 2.34. The zero-order valence-corrected chi connectivity index (χ0v) is 21.8. The van der Waals surface area contributed by atoms with Gasteiger partial charge in [-0.2, -0.15) is 13.2 Å². The van der Waals surface area contributed by atoms with Crippen molar-refractivity contribution >= 4 is 16.6 Å². The highest BCUT2D eigenvalue weighted by atomic mass is 19.4. The van der Waals surface area contributed by atoms with E-state index in [-0.39, 0.29) is 5.56 Å². The molecule has 1 atom stereocenters. The molecule has 0 aliphatic carbocycles. The van der Waals surface area contributed by atoms with E-state index in [2.05, 4.69) is 25.4 Å². The van der Waals surface area contributed by atoms with Crippen molar-refractivity contribution in [3.8, 4) is 0 Å². The standard InChI is InChI=1S/C27H30F3N7O/c1-17-7-5-8-18-15-21(25(38)31-22(17)18)23(24-32-33-34-37(24)26(2,3)4)36-13-11-35(12-14-36)20-10-6-9-19(16-20)27(28,29)30/h5-10,15-16,23H,11-14H2,1-4H3,(H,31,38)/t23-/m0/s1. The Morgan fingerprint density at radius 1 is 0.974 bits per heavy atom. The molecule has 0 bridgehead atoms. The van der Waals surface area contributed by atoms with Crippen LogP contribution in [0.15, 0.2) is 53.3 Å². The number of rotatable bonds is 4. The highest BCUT2D eigenvalue weighted by Gasteiger charge is 2.36. The van der Waals surface area contributed by atoms with Gasteiger partial charge in [-0.05, 0) is 73.3 Å². The minimum atomic E-state index is -4.40. The van der Waals surface area contributed by atoms with Gasteiger partial charge in [0.25, 0.3) is 5.56 Å². The second kappa shape index (κ2) is 9.54. The fourth-order valence-corrected chi connectivity index (χ4v) is 5.06. The summed E-state index contributed by atoms with van der Waals surface area (Å²) in [5.74, 6) is 0.544. The number of aromatic amines is 1. The number of aryl methyl sites for hydroxylation is 1. The third kappa shape index (κ3) is 4.90. The third-order valence-corrected chi connectivity index (χ3v) is 7.00. The summed E-state index contributed by atoms with van der Waals surface area (Å²) in [6, 6.07) is 12.6. The van der Waals surface area contributed by atoms with Crippen LogP contribution in [0.3, 0.4) is 0 Å². The second-order valence-corrected chi connectivity index (χ2v) is 10.7. The van der Waals surface area contributed by atoms with Gasteiger partial charge < -0.3 is 9.88 Å². The summed E-state index contributed by atoms with van der Waals surface area (Å²) in [5, 5.41) is 13.4. The van der Waals surface area contributed by atoms with E-state index in [4.69, 9.17) is 0 Å². The number of nitrogens with one attached hydrogen (secondary N) is 1. The van der Waals surface area contributed by atoms with Gasteiger partial charge in [0.2, 0.25) is 0 Å². The van der Waals surface area contributed by atoms with Gasteiger partial charge in [-0.25, -0.2) is 4.68 Å². The highest BCUT2D eigenvalue weighted by molar-refractivity contribution is 5.82.